The first-order valence-corrected chi connectivity index (χ1v) is 3.77. The van der Waals surface area contributed by atoms with Crippen molar-refractivity contribution in [2.45, 2.75) is 26.7 Å². The Balaban J connectivity index is 3.03. The maximum atomic E-state index is 2.22. The molecule has 0 aliphatic heterocycles. The van der Waals surface area contributed by atoms with Crippen LogP contribution in [0.1, 0.15) is 30.9 Å². The molecule has 0 unspecified atom stereocenters. The van der Waals surface area contributed by atoms with Gasteiger partial charge in [0.15, 0.2) is 0 Å². The average Bonchev–Trinajstić information content (AvgIpc) is 1.88. The Morgan fingerprint density at radius 1 is 1.40 bits per heavy atom. The van der Waals surface area contributed by atoms with Crippen LogP contribution in [0.3, 0.4) is 0 Å². The molecule has 1 aromatic rings. The molecule has 1 heterocycles. The van der Waals surface area contributed by atoms with Crippen LogP contribution in [0.15, 0.2) is 18.0 Å². The van der Waals surface area contributed by atoms with E-state index in [9.17, 15) is 0 Å². The van der Waals surface area contributed by atoms with Crippen molar-refractivity contribution >= 4 is 6.91 Å². The van der Waals surface area contributed by atoms with Crippen molar-refractivity contribution in [2.75, 3.05) is 0 Å². The van der Waals surface area contributed by atoms with Crippen LogP contribution in [0.2, 0.25) is 0 Å². The summed E-state index contributed by atoms with van der Waals surface area (Å²) in [6, 6.07) is 2.16. The predicted molar refractivity (Wildman–Crippen MR) is 46.6 cm³/mol. The minimum absolute atomic E-state index is 0.654. The van der Waals surface area contributed by atoms with Crippen molar-refractivity contribution < 1.29 is 0 Å². The quantitative estimate of drug-likeness (QED) is 0.550. The van der Waals surface area contributed by atoms with Crippen LogP contribution in [-0.2, 0) is 0 Å². The molecule has 0 amide bonds. The van der Waals surface area contributed by atoms with Gasteiger partial charge in [-0.25, -0.2) is 0 Å². The summed E-state index contributed by atoms with van der Waals surface area (Å²) in [6.45, 7) is 8.71. The zero-order valence-electron chi connectivity index (χ0n) is 6.89. The fourth-order valence-electron chi connectivity index (χ4n) is 1.23. The van der Waals surface area contributed by atoms with Crippen molar-refractivity contribution in [2.24, 2.45) is 0 Å². The summed E-state index contributed by atoms with van der Waals surface area (Å²) in [5, 5.41) is 0. The van der Waals surface area contributed by atoms with E-state index in [4.69, 9.17) is 0 Å². The van der Waals surface area contributed by atoms with Gasteiger partial charge >= 0.3 is 62.7 Å². The molecule has 52 valence electrons. The molecular formula is C9H13B. The number of hydrogen-bond acceptors (Lipinski definition) is 0. The van der Waals surface area contributed by atoms with Crippen LogP contribution >= 0.6 is 0 Å². The third-order valence-corrected chi connectivity index (χ3v) is 1.81. The van der Waals surface area contributed by atoms with E-state index in [2.05, 4.69) is 45.7 Å². The van der Waals surface area contributed by atoms with Crippen LogP contribution in [0, 0.1) is 6.92 Å². The fraction of sp³-hybridized carbons (Fsp3) is 0.444. The Morgan fingerprint density at radius 3 is 2.50 bits per heavy atom. The van der Waals surface area contributed by atoms with Gasteiger partial charge in [0.05, 0.1) is 0 Å². The average molecular weight is 132 g/mol. The second kappa shape index (κ2) is 3.00. The van der Waals surface area contributed by atoms with Gasteiger partial charge in [-0.05, 0) is 0 Å². The molecule has 0 bridgehead atoms. The van der Waals surface area contributed by atoms with Gasteiger partial charge in [-0.1, -0.05) is 0 Å². The monoisotopic (exact) mass is 132 g/mol. The van der Waals surface area contributed by atoms with E-state index in [-0.39, 0.29) is 0 Å². The van der Waals surface area contributed by atoms with Crippen LogP contribution in [0.4, 0.5) is 0 Å². The first-order valence-electron chi connectivity index (χ1n) is 3.77. The Hall–Kier alpha value is -0.585. The van der Waals surface area contributed by atoms with E-state index in [0.717, 1.165) is 0 Å². The van der Waals surface area contributed by atoms with Gasteiger partial charge < -0.3 is 0 Å². The van der Waals surface area contributed by atoms with E-state index >= 15 is 0 Å². The summed E-state index contributed by atoms with van der Waals surface area (Å²) in [5.41, 5.74) is 2.86. The first-order chi connectivity index (χ1) is 4.72. The Bertz CT molecular complexity index is 216. The van der Waals surface area contributed by atoms with E-state index < -0.39 is 0 Å². The molecule has 0 atom stereocenters. The predicted octanol–water partition coefficient (Wildman–Crippen LogP) is 2.46. The molecular weight excluding hydrogens is 119 g/mol. The number of aryl methyl sites for hydroxylation is 1. The van der Waals surface area contributed by atoms with Gasteiger partial charge in [-0.3, -0.25) is 0 Å². The standard InChI is InChI=1S/C9H13B/c1-7(2)9-6-10-5-4-8(9)3/h4-7H,1-3H3. The van der Waals surface area contributed by atoms with E-state index in [1.54, 1.807) is 0 Å². The van der Waals surface area contributed by atoms with Crippen molar-refractivity contribution in [1.29, 1.82) is 0 Å². The number of rotatable bonds is 1. The Kier molecular flexibility index (Phi) is 2.26. The zero-order chi connectivity index (χ0) is 7.56. The van der Waals surface area contributed by atoms with Gasteiger partial charge in [0, 0.05) is 0 Å². The SMILES string of the molecule is Cc1ccbcc1C(C)C. The number of hydrogen-bond donors (Lipinski definition) is 0. The summed E-state index contributed by atoms with van der Waals surface area (Å²) < 4.78 is 0. The molecule has 1 heteroatoms. The molecule has 1 rings (SSSR count). The minimum atomic E-state index is 0.654. The van der Waals surface area contributed by atoms with Gasteiger partial charge in [-0.2, -0.15) is 0 Å². The molecule has 0 aliphatic carbocycles. The molecule has 10 heavy (non-hydrogen) atoms. The second-order valence-corrected chi connectivity index (χ2v) is 3.01. The third-order valence-electron chi connectivity index (χ3n) is 1.81. The van der Waals surface area contributed by atoms with Gasteiger partial charge in [0.1, 0.15) is 0 Å². The van der Waals surface area contributed by atoms with Crippen molar-refractivity contribution in [3.63, 3.8) is 0 Å². The molecule has 0 nitrogen and oxygen atoms in total. The van der Waals surface area contributed by atoms with Crippen molar-refractivity contribution in [3.8, 4) is 0 Å². The molecule has 0 radical (unpaired) electrons. The van der Waals surface area contributed by atoms with Gasteiger partial charge in [-0.15, -0.1) is 0 Å². The summed E-state index contributed by atoms with van der Waals surface area (Å²) in [6.07, 6.45) is 0. The second-order valence-electron chi connectivity index (χ2n) is 3.01. The first kappa shape index (κ1) is 7.52. The molecule has 1 aromatic heterocycles. The molecule has 0 saturated heterocycles. The van der Waals surface area contributed by atoms with E-state index in [1.165, 1.54) is 11.1 Å². The third kappa shape index (κ3) is 1.47. The van der Waals surface area contributed by atoms with Crippen LogP contribution in [0.25, 0.3) is 0 Å². The van der Waals surface area contributed by atoms with Gasteiger partial charge in [0.25, 0.3) is 0 Å². The van der Waals surface area contributed by atoms with E-state index in [0.29, 0.717) is 5.92 Å². The zero-order valence-corrected chi connectivity index (χ0v) is 6.89. The Morgan fingerprint density at radius 2 is 2.10 bits per heavy atom. The summed E-state index contributed by atoms with van der Waals surface area (Å²) in [7, 11) is 0. The topological polar surface area (TPSA) is 0 Å². The molecule has 0 spiro atoms. The van der Waals surface area contributed by atoms with Crippen molar-refractivity contribution in [1.82, 2.24) is 0 Å². The molecule has 0 N–H and O–H groups in total. The molecule has 0 aromatic carbocycles. The van der Waals surface area contributed by atoms with E-state index in [1.807, 2.05) is 0 Å². The summed E-state index contributed by atoms with van der Waals surface area (Å²) in [5.74, 6) is 4.93. The molecule has 0 saturated carbocycles. The molecule has 0 aliphatic rings. The van der Waals surface area contributed by atoms with Gasteiger partial charge in [0.2, 0.25) is 0 Å². The summed E-state index contributed by atoms with van der Waals surface area (Å²) in [4.78, 5) is 0. The van der Waals surface area contributed by atoms with Crippen LogP contribution in [0.5, 0.6) is 0 Å². The fourth-order valence-corrected chi connectivity index (χ4v) is 1.23. The van der Waals surface area contributed by atoms with Crippen LogP contribution < -0.4 is 0 Å². The Labute approximate surface area is 63.5 Å². The maximum absolute atomic E-state index is 2.22. The molecule has 0 fully saturated rings. The normalized spacial score (nSPS) is 10.0. The summed E-state index contributed by atoms with van der Waals surface area (Å²) >= 11 is 0. The van der Waals surface area contributed by atoms with Crippen LogP contribution in [-0.4, -0.2) is 6.91 Å². The van der Waals surface area contributed by atoms with Crippen molar-refractivity contribution in [3.05, 3.63) is 29.1 Å².